The van der Waals surface area contributed by atoms with E-state index in [-0.39, 0.29) is 49.2 Å². The average Bonchev–Trinajstić information content (AvgIpc) is 2.74. The van der Waals surface area contributed by atoms with Gasteiger partial charge in [0.1, 0.15) is 0 Å². The van der Waals surface area contributed by atoms with E-state index >= 15 is 0 Å². The summed E-state index contributed by atoms with van der Waals surface area (Å²) in [5.74, 6) is -2.73. The zero-order valence-corrected chi connectivity index (χ0v) is 20.2. The Morgan fingerprint density at radius 2 is 1.19 bits per heavy atom. The summed E-state index contributed by atoms with van der Waals surface area (Å²) in [5, 5.41) is 9.35. The molecule has 0 heterocycles. The lowest BCUT2D eigenvalue weighted by Gasteiger charge is -2.18. The van der Waals surface area contributed by atoms with Crippen molar-refractivity contribution in [1.29, 1.82) is 0 Å². The van der Waals surface area contributed by atoms with Gasteiger partial charge in [-0.2, -0.15) is 0 Å². The maximum Gasteiger partial charge on any atom is 0.309 e. The molecule has 1 N–H and O–H groups in total. The maximum atomic E-state index is 12.5. The Balaban J connectivity index is 4.39. The van der Waals surface area contributed by atoms with Crippen LogP contribution in [0.1, 0.15) is 98.3 Å². The molecule has 0 aliphatic heterocycles. The normalized spacial score (nSPS) is 13.6. The first-order chi connectivity index (χ1) is 15.2. The molecule has 0 radical (unpaired) electrons. The molecule has 0 bridgehead atoms. The molecule has 0 aromatic carbocycles. The quantitative estimate of drug-likeness (QED) is 0.169. The fraction of sp³-hybridized carbons (Fsp3) is 0.833. The summed E-state index contributed by atoms with van der Waals surface area (Å²) in [7, 11) is 0. The number of hydrogen-bond acceptors (Lipinski definition) is 7. The molecule has 32 heavy (non-hydrogen) atoms. The first-order valence-electron chi connectivity index (χ1n) is 12.0. The molecule has 0 aromatic heterocycles. The molecule has 3 unspecified atom stereocenters. The van der Waals surface area contributed by atoms with Gasteiger partial charge in [-0.15, -0.1) is 0 Å². The van der Waals surface area contributed by atoms with Gasteiger partial charge in [-0.3, -0.25) is 19.2 Å². The summed E-state index contributed by atoms with van der Waals surface area (Å²) >= 11 is 0. The van der Waals surface area contributed by atoms with Gasteiger partial charge in [-0.05, 0) is 52.9 Å². The Labute approximate surface area is 192 Å². The van der Waals surface area contributed by atoms with E-state index in [4.69, 9.17) is 14.2 Å². The van der Waals surface area contributed by atoms with Gasteiger partial charge in [-0.1, -0.05) is 32.6 Å². The second-order valence-corrected chi connectivity index (χ2v) is 8.07. The van der Waals surface area contributed by atoms with Crippen molar-refractivity contribution in [3.63, 3.8) is 0 Å². The second kappa shape index (κ2) is 18.5. The average molecular weight is 459 g/mol. The highest BCUT2D eigenvalue weighted by Crippen LogP contribution is 2.21. The van der Waals surface area contributed by atoms with Crippen molar-refractivity contribution in [2.45, 2.75) is 104 Å². The van der Waals surface area contributed by atoms with Crippen molar-refractivity contribution >= 4 is 23.9 Å². The number of carboxylic acids is 1. The van der Waals surface area contributed by atoms with Crippen molar-refractivity contribution in [1.82, 2.24) is 0 Å². The summed E-state index contributed by atoms with van der Waals surface area (Å²) in [4.78, 5) is 47.0. The standard InChI is InChI=1S/C24H42O8/c1-5-18(4)32-24(29)20(15-17-22(26)31-7-3)13-11-9-8-10-12-19(23(27)28)14-16-21(25)30-6-2/h18-20H,5-17H2,1-4H3,(H,27,28). The van der Waals surface area contributed by atoms with E-state index in [1.807, 2.05) is 13.8 Å². The molecular weight excluding hydrogens is 416 g/mol. The third-order valence-corrected chi connectivity index (χ3v) is 5.43. The Morgan fingerprint density at radius 3 is 1.62 bits per heavy atom. The Kier molecular flexibility index (Phi) is 17.2. The topological polar surface area (TPSA) is 116 Å². The zero-order valence-electron chi connectivity index (χ0n) is 20.2. The van der Waals surface area contributed by atoms with Crippen LogP contribution in [0.4, 0.5) is 0 Å². The van der Waals surface area contributed by atoms with Gasteiger partial charge in [0, 0.05) is 12.8 Å². The summed E-state index contributed by atoms with van der Waals surface area (Å²) in [6, 6.07) is 0. The molecule has 0 aromatic rings. The van der Waals surface area contributed by atoms with Gasteiger partial charge >= 0.3 is 23.9 Å². The molecule has 0 aliphatic rings. The smallest absolute Gasteiger partial charge is 0.309 e. The summed E-state index contributed by atoms with van der Waals surface area (Å²) in [5.41, 5.74) is 0. The van der Waals surface area contributed by atoms with Crippen molar-refractivity contribution in [3.8, 4) is 0 Å². The molecule has 0 saturated carbocycles. The van der Waals surface area contributed by atoms with Gasteiger partial charge in [-0.25, -0.2) is 0 Å². The van der Waals surface area contributed by atoms with Gasteiger partial charge in [0.15, 0.2) is 0 Å². The van der Waals surface area contributed by atoms with Crippen molar-refractivity contribution in [2.24, 2.45) is 11.8 Å². The van der Waals surface area contributed by atoms with Crippen LogP contribution < -0.4 is 0 Å². The molecule has 0 aliphatic carbocycles. The number of unbranched alkanes of at least 4 members (excludes halogenated alkanes) is 3. The highest BCUT2D eigenvalue weighted by molar-refractivity contribution is 5.75. The number of aliphatic carboxylic acids is 1. The summed E-state index contributed by atoms with van der Waals surface area (Å²) in [6.45, 7) is 7.88. The van der Waals surface area contributed by atoms with E-state index in [1.165, 1.54) is 0 Å². The van der Waals surface area contributed by atoms with E-state index in [2.05, 4.69) is 0 Å². The number of carboxylic acid groups (broad SMARTS) is 1. The molecule has 0 amide bonds. The van der Waals surface area contributed by atoms with Gasteiger partial charge in [0.25, 0.3) is 0 Å². The minimum absolute atomic E-state index is 0.116. The summed E-state index contributed by atoms with van der Waals surface area (Å²) in [6.07, 6.45) is 5.94. The Hall–Kier alpha value is -2.12. The lowest BCUT2D eigenvalue weighted by Crippen LogP contribution is -2.23. The fourth-order valence-electron chi connectivity index (χ4n) is 3.33. The number of hydrogen-bond donors (Lipinski definition) is 1. The lowest BCUT2D eigenvalue weighted by atomic mass is 9.93. The third-order valence-electron chi connectivity index (χ3n) is 5.43. The number of esters is 3. The highest BCUT2D eigenvalue weighted by Gasteiger charge is 2.23. The second-order valence-electron chi connectivity index (χ2n) is 8.07. The van der Waals surface area contributed by atoms with Crippen LogP contribution in [0.5, 0.6) is 0 Å². The Bertz CT molecular complexity index is 560. The lowest BCUT2D eigenvalue weighted by molar-refractivity contribution is -0.154. The molecule has 8 heteroatoms. The Morgan fingerprint density at radius 1 is 0.719 bits per heavy atom. The monoisotopic (exact) mass is 458 g/mol. The van der Waals surface area contributed by atoms with E-state index in [0.29, 0.717) is 32.5 Å². The highest BCUT2D eigenvalue weighted by atomic mass is 16.5. The molecule has 0 saturated heterocycles. The predicted octanol–water partition coefficient (Wildman–Crippen LogP) is 4.67. The summed E-state index contributed by atoms with van der Waals surface area (Å²) < 4.78 is 15.3. The van der Waals surface area contributed by atoms with Crippen LogP contribution in [-0.2, 0) is 33.4 Å². The molecular formula is C24H42O8. The van der Waals surface area contributed by atoms with E-state index in [0.717, 1.165) is 32.1 Å². The van der Waals surface area contributed by atoms with Crippen LogP contribution in [0.15, 0.2) is 0 Å². The van der Waals surface area contributed by atoms with Gasteiger partial charge in [0.05, 0.1) is 31.2 Å². The first-order valence-corrected chi connectivity index (χ1v) is 12.0. The minimum Gasteiger partial charge on any atom is -0.481 e. The first kappa shape index (κ1) is 29.9. The molecule has 0 rings (SSSR count). The van der Waals surface area contributed by atoms with Gasteiger partial charge in [0.2, 0.25) is 0 Å². The van der Waals surface area contributed by atoms with E-state index in [9.17, 15) is 24.3 Å². The van der Waals surface area contributed by atoms with Crippen molar-refractivity contribution in [3.05, 3.63) is 0 Å². The van der Waals surface area contributed by atoms with Crippen LogP contribution in [0, 0.1) is 11.8 Å². The number of carbonyl (C=O) groups is 4. The van der Waals surface area contributed by atoms with Crippen molar-refractivity contribution in [2.75, 3.05) is 13.2 Å². The SMILES string of the molecule is CCOC(=O)CCC(CCCCCCC(CCC(=O)OCC)C(=O)OC(C)CC)C(=O)O. The molecule has 0 fully saturated rings. The van der Waals surface area contributed by atoms with Crippen LogP contribution in [0.3, 0.4) is 0 Å². The zero-order chi connectivity index (χ0) is 24.4. The van der Waals surface area contributed by atoms with Gasteiger partial charge < -0.3 is 19.3 Å². The number of rotatable bonds is 19. The molecule has 3 atom stereocenters. The largest absolute Gasteiger partial charge is 0.481 e. The van der Waals surface area contributed by atoms with Crippen LogP contribution in [-0.4, -0.2) is 48.3 Å². The van der Waals surface area contributed by atoms with Crippen LogP contribution in [0.25, 0.3) is 0 Å². The molecule has 186 valence electrons. The van der Waals surface area contributed by atoms with Crippen LogP contribution in [0.2, 0.25) is 0 Å². The maximum absolute atomic E-state index is 12.5. The fourth-order valence-corrected chi connectivity index (χ4v) is 3.33. The molecule has 8 nitrogen and oxygen atoms in total. The third kappa shape index (κ3) is 14.8. The predicted molar refractivity (Wildman–Crippen MR) is 120 cm³/mol. The van der Waals surface area contributed by atoms with E-state index < -0.39 is 11.9 Å². The van der Waals surface area contributed by atoms with Crippen molar-refractivity contribution < 1.29 is 38.5 Å². The minimum atomic E-state index is -0.888. The molecule has 0 spiro atoms. The number of ether oxygens (including phenoxy) is 3. The number of carbonyl (C=O) groups excluding carboxylic acids is 3. The van der Waals surface area contributed by atoms with E-state index in [1.54, 1.807) is 13.8 Å². The van der Waals surface area contributed by atoms with Crippen LogP contribution >= 0.6 is 0 Å².